The van der Waals surface area contributed by atoms with Gasteiger partial charge in [0.15, 0.2) is 0 Å². The zero-order valence-corrected chi connectivity index (χ0v) is 10.6. The van der Waals surface area contributed by atoms with Crippen molar-refractivity contribution in [2.24, 2.45) is 7.05 Å². The number of amides is 1. The van der Waals surface area contributed by atoms with Gasteiger partial charge in [-0.1, -0.05) is 11.6 Å². The van der Waals surface area contributed by atoms with Gasteiger partial charge in [-0.05, 0) is 30.3 Å². The minimum atomic E-state index is -0.328. The Morgan fingerprint density at radius 2 is 2.22 bits per heavy atom. The molecule has 0 saturated heterocycles. The highest BCUT2D eigenvalue weighted by atomic mass is 35.5. The zero-order chi connectivity index (χ0) is 13.1. The molecule has 2 aromatic rings. The number of nitrogens with zero attached hydrogens (tertiary/aromatic N) is 1. The molecule has 1 amide bonds. The van der Waals surface area contributed by atoms with Crippen LogP contribution in [0.15, 0.2) is 36.5 Å². The van der Waals surface area contributed by atoms with Crippen LogP contribution in [0, 0.1) is 0 Å². The Kier molecular flexibility index (Phi) is 3.58. The van der Waals surface area contributed by atoms with E-state index in [0.717, 1.165) is 5.69 Å². The highest BCUT2D eigenvalue weighted by Crippen LogP contribution is 2.21. The van der Waals surface area contributed by atoms with Crippen molar-refractivity contribution in [2.75, 3.05) is 0 Å². The van der Waals surface area contributed by atoms with Gasteiger partial charge in [0.25, 0.3) is 5.91 Å². The molecule has 0 bridgehead atoms. The van der Waals surface area contributed by atoms with E-state index in [1.807, 2.05) is 29.9 Å². The minimum Gasteiger partial charge on any atom is -0.507 e. The molecule has 0 spiro atoms. The molecule has 2 N–H and O–H groups in total. The summed E-state index contributed by atoms with van der Waals surface area (Å²) < 4.78 is 1.92. The molecule has 0 fully saturated rings. The van der Waals surface area contributed by atoms with Gasteiger partial charge in [0.1, 0.15) is 5.75 Å². The number of hydrogen-bond acceptors (Lipinski definition) is 2. The number of benzene rings is 1. The molecule has 0 atom stereocenters. The summed E-state index contributed by atoms with van der Waals surface area (Å²) >= 11 is 5.71. The van der Waals surface area contributed by atoms with Gasteiger partial charge in [0.05, 0.1) is 12.1 Å². The normalized spacial score (nSPS) is 10.3. The maximum atomic E-state index is 11.9. The number of aromatic nitrogens is 1. The van der Waals surface area contributed by atoms with Gasteiger partial charge < -0.3 is 15.0 Å². The maximum absolute atomic E-state index is 11.9. The molecule has 5 heteroatoms. The van der Waals surface area contributed by atoms with Crippen LogP contribution < -0.4 is 5.32 Å². The smallest absolute Gasteiger partial charge is 0.255 e. The van der Waals surface area contributed by atoms with Crippen molar-refractivity contribution in [3.05, 3.63) is 52.8 Å². The Hall–Kier alpha value is -1.94. The Morgan fingerprint density at radius 3 is 2.83 bits per heavy atom. The second kappa shape index (κ2) is 5.14. The molecule has 1 aromatic carbocycles. The van der Waals surface area contributed by atoms with E-state index in [1.165, 1.54) is 12.1 Å². The lowest BCUT2D eigenvalue weighted by Crippen LogP contribution is -2.23. The van der Waals surface area contributed by atoms with Crippen molar-refractivity contribution in [3.8, 4) is 5.75 Å². The average molecular weight is 265 g/mol. The van der Waals surface area contributed by atoms with E-state index in [9.17, 15) is 9.90 Å². The molecule has 1 heterocycles. The van der Waals surface area contributed by atoms with Crippen LogP contribution in [0.4, 0.5) is 0 Å². The summed E-state index contributed by atoms with van der Waals surface area (Å²) in [6.07, 6.45) is 1.90. The summed E-state index contributed by atoms with van der Waals surface area (Å²) in [5, 5.41) is 12.8. The Balaban J connectivity index is 2.06. The summed E-state index contributed by atoms with van der Waals surface area (Å²) in [5.41, 5.74) is 1.20. The summed E-state index contributed by atoms with van der Waals surface area (Å²) in [5.74, 6) is -0.447. The molecule has 1 aromatic heterocycles. The molecule has 0 saturated carbocycles. The number of phenolic OH excluding ortho intramolecular Hbond substituents is 1. The standard InChI is InChI=1S/C13H13ClN2O2/c1-16-6-2-3-10(16)8-15-13(18)11-5-4-9(14)7-12(11)17/h2-7,17H,8H2,1H3,(H,15,18). The Labute approximate surface area is 110 Å². The first-order valence-electron chi connectivity index (χ1n) is 5.45. The topological polar surface area (TPSA) is 54.3 Å². The van der Waals surface area contributed by atoms with Gasteiger partial charge in [-0.15, -0.1) is 0 Å². The van der Waals surface area contributed by atoms with E-state index >= 15 is 0 Å². The lowest BCUT2D eigenvalue weighted by molar-refractivity contribution is 0.0947. The Morgan fingerprint density at radius 1 is 1.44 bits per heavy atom. The van der Waals surface area contributed by atoms with Crippen molar-refractivity contribution in [1.29, 1.82) is 0 Å². The van der Waals surface area contributed by atoms with Crippen LogP contribution in [0.5, 0.6) is 5.75 Å². The largest absolute Gasteiger partial charge is 0.507 e. The number of nitrogens with one attached hydrogen (secondary N) is 1. The molecule has 2 rings (SSSR count). The third-order valence-electron chi connectivity index (χ3n) is 2.69. The first-order valence-corrected chi connectivity index (χ1v) is 5.82. The van der Waals surface area contributed by atoms with Gasteiger partial charge in [0, 0.05) is 24.0 Å². The van der Waals surface area contributed by atoms with E-state index in [1.54, 1.807) is 6.07 Å². The van der Waals surface area contributed by atoms with Crippen molar-refractivity contribution >= 4 is 17.5 Å². The number of carbonyl (C=O) groups is 1. The average Bonchev–Trinajstić information content (AvgIpc) is 2.72. The van der Waals surface area contributed by atoms with Crippen LogP contribution in [-0.2, 0) is 13.6 Å². The predicted molar refractivity (Wildman–Crippen MR) is 69.7 cm³/mol. The molecule has 0 radical (unpaired) electrons. The number of aryl methyl sites for hydroxylation is 1. The molecule has 18 heavy (non-hydrogen) atoms. The number of halogens is 1. The summed E-state index contributed by atoms with van der Waals surface area (Å²) in [4.78, 5) is 11.9. The first kappa shape index (κ1) is 12.5. The number of hydrogen-bond donors (Lipinski definition) is 2. The van der Waals surface area contributed by atoms with Gasteiger partial charge >= 0.3 is 0 Å². The summed E-state index contributed by atoms with van der Waals surface area (Å²) in [6.45, 7) is 0.407. The van der Waals surface area contributed by atoms with Crippen LogP contribution in [0.3, 0.4) is 0 Å². The van der Waals surface area contributed by atoms with Crippen LogP contribution in [-0.4, -0.2) is 15.6 Å². The number of phenols is 1. The van der Waals surface area contributed by atoms with Crippen molar-refractivity contribution < 1.29 is 9.90 Å². The molecule has 0 unspecified atom stereocenters. The number of carbonyl (C=O) groups excluding carboxylic acids is 1. The summed E-state index contributed by atoms with van der Waals surface area (Å²) in [6, 6.07) is 8.24. The van der Waals surface area contributed by atoms with E-state index in [0.29, 0.717) is 11.6 Å². The summed E-state index contributed by atoms with van der Waals surface area (Å²) in [7, 11) is 1.90. The molecular formula is C13H13ClN2O2. The molecule has 94 valence electrons. The van der Waals surface area contributed by atoms with Crippen LogP contribution >= 0.6 is 11.6 Å². The third kappa shape index (κ3) is 2.65. The van der Waals surface area contributed by atoms with Crippen LogP contribution in [0.2, 0.25) is 5.02 Å². The molecular weight excluding hydrogens is 252 g/mol. The second-order valence-electron chi connectivity index (χ2n) is 3.95. The van der Waals surface area contributed by atoms with Crippen molar-refractivity contribution in [1.82, 2.24) is 9.88 Å². The fraction of sp³-hybridized carbons (Fsp3) is 0.154. The molecule has 4 nitrogen and oxygen atoms in total. The van der Waals surface area contributed by atoms with E-state index in [-0.39, 0.29) is 17.2 Å². The third-order valence-corrected chi connectivity index (χ3v) is 2.92. The van der Waals surface area contributed by atoms with Crippen molar-refractivity contribution in [3.63, 3.8) is 0 Å². The molecule has 0 aliphatic rings. The monoisotopic (exact) mass is 264 g/mol. The molecule has 0 aliphatic heterocycles. The molecule has 0 aliphatic carbocycles. The second-order valence-corrected chi connectivity index (χ2v) is 4.39. The van der Waals surface area contributed by atoms with E-state index < -0.39 is 0 Å². The highest BCUT2D eigenvalue weighted by molar-refractivity contribution is 6.30. The van der Waals surface area contributed by atoms with E-state index in [4.69, 9.17) is 11.6 Å². The quantitative estimate of drug-likeness (QED) is 0.894. The predicted octanol–water partition coefficient (Wildman–Crippen LogP) is 2.31. The number of aromatic hydroxyl groups is 1. The van der Waals surface area contributed by atoms with Crippen molar-refractivity contribution in [2.45, 2.75) is 6.54 Å². The first-order chi connectivity index (χ1) is 8.58. The van der Waals surface area contributed by atoms with Gasteiger partial charge in [-0.25, -0.2) is 0 Å². The lowest BCUT2D eigenvalue weighted by Gasteiger charge is -2.08. The van der Waals surface area contributed by atoms with Gasteiger partial charge in [-0.2, -0.15) is 0 Å². The number of rotatable bonds is 3. The van der Waals surface area contributed by atoms with Gasteiger partial charge in [-0.3, -0.25) is 4.79 Å². The van der Waals surface area contributed by atoms with Crippen LogP contribution in [0.1, 0.15) is 16.1 Å². The minimum absolute atomic E-state index is 0.119. The zero-order valence-electron chi connectivity index (χ0n) is 9.85. The fourth-order valence-corrected chi connectivity index (χ4v) is 1.81. The van der Waals surface area contributed by atoms with E-state index in [2.05, 4.69) is 5.32 Å². The highest BCUT2D eigenvalue weighted by Gasteiger charge is 2.11. The maximum Gasteiger partial charge on any atom is 0.255 e. The van der Waals surface area contributed by atoms with Crippen LogP contribution in [0.25, 0.3) is 0 Å². The fourth-order valence-electron chi connectivity index (χ4n) is 1.64. The SMILES string of the molecule is Cn1cccc1CNC(=O)c1ccc(Cl)cc1O. The lowest BCUT2D eigenvalue weighted by atomic mass is 10.2. The Bertz CT molecular complexity index is 578. The van der Waals surface area contributed by atoms with Gasteiger partial charge in [0.2, 0.25) is 0 Å².